The molecular weight excluding hydrogens is 420 g/mol. The summed E-state index contributed by atoms with van der Waals surface area (Å²) >= 11 is 2.81. The van der Waals surface area contributed by atoms with E-state index in [4.69, 9.17) is 9.40 Å². The van der Waals surface area contributed by atoms with Crippen LogP contribution in [0.1, 0.15) is 17.1 Å². The molecule has 7 nitrogen and oxygen atoms in total. The van der Waals surface area contributed by atoms with Crippen LogP contribution < -0.4 is 11.1 Å². The van der Waals surface area contributed by atoms with Crippen LogP contribution in [0.15, 0.2) is 73.3 Å². The molecule has 150 valence electrons. The highest BCUT2D eigenvalue weighted by molar-refractivity contribution is 7.98. The van der Waals surface area contributed by atoms with Crippen molar-refractivity contribution >= 4 is 39.0 Å². The number of para-hydroxylation sites is 1. The molecule has 9 heteroatoms. The van der Waals surface area contributed by atoms with Gasteiger partial charge < -0.3 is 4.42 Å². The summed E-state index contributed by atoms with van der Waals surface area (Å²) in [6, 6.07) is 12.4. The summed E-state index contributed by atoms with van der Waals surface area (Å²) in [5.41, 5.74) is 1.93. The Morgan fingerprint density at radius 1 is 1.13 bits per heavy atom. The normalized spacial score (nSPS) is 11.5. The second kappa shape index (κ2) is 7.58. The zero-order valence-corrected chi connectivity index (χ0v) is 17.6. The van der Waals surface area contributed by atoms with Gasteiger partial charge in [-0.3, -0.25) is 18.6 Å². The molecule has 0 radical (unpaired) electrons. The summed E-state index contributed by atoms with van der Waals surface area (Å²) in [6.45, 7) is 2.17. The maximum atomic E-state index is 13.1. The molecule has 0 spiro atoms. The highest BCUT2D eigenvalue weighted by Gasteiger charge is 2.14. The summed E-state index contributed by atoms with van der Waals surface area (Å²) in [4.78, 5) is 35.5. The maximum Gasteiger partial charge on any atom is 0.262 e. The van der Waals surface area contributed by atoms with Gasteiger partial charge in [0, 0.05) is 22.9 Å². The van der Waals surface area contributed by atoms with Crippen molar-refractivity contribution in [3.05, 3.63) is 92.0 Å². The number of hydrogen-bond acceptors (Lipinski definition) is 7. The minimum absolute atomic E-state index is 0.103. The first kappa shape index (κ1) is 18.8. The van der Waals surface area contributed by atoms with Crippen molar-refractivity contribution in [3.63, 3.8) is 0 Å². The Morgan fingerprint density at radius 3 is 2.83 bits per heavy atom. The number of aromatic nitrogens is 4. The number of rotatable bonds is 5. The third-order valence-electron chi connectivity index (χ3n) is 4.70. The van der Waals surface area contributed by atoms with Crippen LogP contribution in [0.3, 0.4) is 0 Å². The first-order valence-corrected chi connectivity index (χ1v) is 11.1. The van der Waals surface area contributed by atoms with E-state index < -0.39 is 0 Å². The number of thioether (sulfide) groups is 1. The Hall–Kier alpha value is -3.17. The van der Waals surface area contributed by atoms with Crippen molar-refractivity contribution in [2.75, 3.05) is 0 Å². The topological polar surface area (TPSA) is 82.4 Å². The lowest BCUT2D eigenvalue weighted by atomic mass is 10.2. The monoisotopic (exact) mass is 436 g/mol. The summed E-state index contributed by atoms with van der Waals surface area (Å²) in [7, 11) is 0. The van der Waals surface area contributed by atoms with Crippen LogP contribution in [-0.2, 0) is 12.3 Å². The summed E-state index contributed by atoms with van der Waals surface area (Å²) in [5, 5.41) is 3.02. The highest BCUT2D eigenvalue weighted by atomic mass is 32.2. The van der Waals surface area contributed by atoms with Crippen molar-refractivity contribution in [1.29, 1.82) is 0 Å². The smallest absolute Gasteiger partial charge is 0.262 e. The molecule has 0 aliphatic rings. The number of aryl methyl sites for hydroxylation is 1. The van der Waals surface area contributed by atoms with Gasteiger partial charge in [-0.05, 0) is 31.2 Å². The van der Waals surface area contributed by atoms with E-state index in [1.54, 1.807) is 27.4 Å². The van der Waals surface area contributed by atoms with E-state index in [1.807, 2.05) is 36.6 Å². The average Bonchev–Trinajstić information content (AvgIpc) is 3.39. The second-order valence-electron chi connectivity index (χ2n) is 6.75. The van der Waals surface area contributed by atoms with Gasteiger partial charge in [0.2, 0.25) is 0 Å². The average molecular weight is 437 g/mol. The van der Waals surface area contributed by atoms with Gasteiger partial charge >= 0.3 is 0 Å². The molecule has 5 rings (SSSR count). The molecule has 0 saturated carbocycles. The van der Waals surface area contributed by atoms with Gasteiger partial charge in [-0.2, -0.15) is 0 Å². The Bertz CT molecular complexity index is 1480. The third-order valence-corrected chi connectivity index (χ3v) is 6.65. The van der Waals surface area contributed by atoms with Crippen LogP contribution in [0.2, 0.25) is 0 Å². The van der Waals surface area contributed by atoms with Gasteiger partial charge in [-0.1, -0.05) is 23.9 Å². The fourth-order valence-electron chi connectivity index (χ4n) is 3.27. The van der Waals surface area contributed by atoms with E-state index in [9.17, 15) is 9.59 Å². The molecule has 4 aromatic heterocycles. The van der Waals surface area contributed by atoms with E-state index in [2.05, 4.69) is 4.98 Å². The Morgan fingerprint density at radius 2 is 2.00 bits per heavy atom. The first-order chi connectivity index (χ1) is 14.6. The van der Waals surface area contributed by atoms with E-state index >= 15 is 0 Å². The third kappa shape index (κ3) is 3.35. The minimum Gasteiger partial charge on any atom is -0.467 e. The van der Waals surface area contributed by atoms with E-state index in [0.717, 1.165) is 5.69 Å². The van der Waals surface area contributed by atoms with E-state index in [1.165, 1.54) is 29.2 Å². The predicted molar refractivity (Wildman–Crippen MR) is 117 cm³/mol. The largest absolute Gasteiger partial charge is 0.467 e. The Labute approximate surface area is 178 Å². The quantitative estimate of drug-likeness (QED) is 0.309. The van der Waals surface area contributed by atoms with Crippen LogP contribution in [-0.4, -0.2) is 18.9 Å². The molecule has 0 bridgehead atoms. The molecule has 0 unspecified atom stereocenters. The first-order valence-electron chi connectivity index (χ1n) is 9.22. The molecule has 0 aliphatic carbocycles. The molecule has 0 N–H and O–H groups in total. The van der Waals surface area contributed by atoms with Crippen LogP contribution >= 0.6 is 23.1 Å². The molecular formula is C21H16N4O3S2. The Kier molecular flexibility index (Phi) is 4.76. The molecule has 1 aromatic carbocycles. The number of benzene rings is 1. The number of hydrogen-bond donors (Lipinski definition) is 0. The van der Waals surface area contributed by atoms with Gasteiger partial charge in [0.05, 0.1) is 29.4 Å². The Balaban J connectivity index is 1.54. The standard InChI is InChI=1S/C21H16N4O3S2/c1-13-11-29-21-22-14(9-18(26)25(13)21)12-30-20-23-17-7-3-2-6-16(17)19(27)24(20)10-15-5-4-8-28-15/h2-9,11H,10,12H2,1H3. The van der Waals surface area contributed by atoms with Gasteiger partial charge in [-0.15, -0.1) is 11.3 Å². The molecule has 4 heterocycles. The molecule has 0 amide bonds. The van der Waals surface area contributed by atoms with Gasteiger partial charge in [0.15, 0.2) is 10.1 Å². The number of thiazole rings is 1. The van der Waals surface area contributed by atoms with Crippen molar-refractivity contribution in [2.24, 2.45) is 0 Å². The molecule has 0 saturated heterocycles. The molecule has 0 aliphatic heterocycles. The van der Waals surface area contributed by atoms with Crippen molar-refractivity contribution in [1.82, 2.24) is 18.9 Å². The van der Waals surface area contributed by atoms with Crippen LogP contribution in [0.5, 0.6) is 0 Å². The van der Waals surface area contributed by atoms with Gasteiger partial charge in [0.25, 0.3) is 11.1 Å². The van der Waals surface area contributed by atoms with Crippen LogP contribution in [0.4, 0.5) is 0 Å². The van der Waals surface area contributed by atoms with Crippen LogP contribution in [0.25, 0.3) is 15.9 Å². The lowest BCUT2D eigenvalue weighted by molar-refractivity contribution is 0.476. The number of furan rings is 1. The fraction of sp³-hybridized carbons (Fsp3) is 0.143. The van der Waals surface area contributed by atoms with E-state index in [-0.39, 0.29) is 17.7 Å². The second-order valence-corrected chi connectivity index (χ2v) is 8.53. The van der Waals surface area contributed by atoms with Gasteiger partial charge in [0.1, 0.15) is 5.76 Å². The summed E-state index contributed by atoms with van der Waals surface area (Å²) in [5.74, 6) is 1.09. The molecule has 0 atom stereocenters. The minimum atomic E-state index is -0.128. The zero-order chi connectivity index (χ0) is 20.7. The molecule has 0 fully saturated rings. The lowest BCUT2D eigenvalue weighted by Gasteiger charge is -2.12. The van der Waals surface area contributed by atoms with Crippen molar-refractivity contribution in [3.8, 4) is 0 Å². The zero-order valence-electron chi connectivity index (χ0n) is 15.9. The number of nitrogens with zero attached hydrogens (tertiary/aromatic N) is 4. The van der Waals surface area contributed by atoms with Crippen molar-refractivity contribution < 1.29 is 4.42 Å². The van der Waals surface area contributed by atoms with Gasteiger partial charge in [-0.25, -0.2) is 9.97 Å². The molecule has 30 heavy (non-hydrogen) atoms. The summed E-state index contributed by atoms with van der Waals surface area (Å²) < 4.78 is 8.64. The van der Waals surface area contributed by atoms with Crippen LogP contribution in [0, 0.1) is 6.92 Å². The van der Waals surface area contributed by atoms with Crippen molar-refractivity contribution in [2.45, 2.75) is 24.4 Å². The summed E-state index contributed by atoms with van der Waals surface area (Å²) in [6.07, 6.45) is 1.58. The lowest BCUT2D eigenvalue weighted by Crippen LogP contribution is -2.24. The number of fused-ring (bicyclic) bond motifs is 2. The van der Waals surface area contributed by atoms with E-state index in [0.29, 0.717) is 38.2 Å². The molecule has 5 aromatic rings. The predicted octanol–water partition coefficient (Wildman–Crippen LogP) is 3.71. The SMILES string of the molecule is Cc1csc2nc(CSc3nc4ccccc4c(=O)n3Cc3ccco3)cc(=O)n12. The highest BCUT2D eigenvalue weighted by Crippen LogP contribution is 2.23. The maximum absolute atomic E-state index is 13.1. The fourth-order valence-corrected chi connectivity index (χ4v) is 5.05.